The van der Waals surface area contributed by atoms with Gasteiger partial charge in [-0.05, 0) is 28.9 Å². The normalized spacial score (nSPS) is 21.3. The molecule has 1 saturated heterocycles. The predicted octanol–water partition coefficient (Wildman–Crippen LogP) is 2.01. The Hall–Kier alpha value is -0.310. The average Bonchev–Trinajstić information content (AvgIpc) is 2.39. The third kappa shape index (κ3) is 3.07. The highest BCUT2D eigenvalue weighted by Crippen LogP contribution is 2.29. The van der Waals surface area contributed by atoms with Gasteiger partial charge in [-0.2, -0.15) is 16.1 Å². The Kier molecular flexibility index (Phi) is 4.75. The second kappa shape index (κ2) is 5.99. The van der Waals surface area contributed by atoms with Crippen molar-refractivity contribution in [2.75, 3.05) is 30.4 Å². The van der Waals surface area contributed by atoms with Crippen LogP contribution in [0.3, 0.4) is 0 Å². The number of halogens is 1. The summed E-state index contributed by atoms with van der Waals surface area (Å²) in [6.07, 6.45) is 1.58. The lowest BCUT2D eigenvalue weighted by molar-refractivity contribution is 0.367. The number of nitrogens with zero attached hydrogens (tertiary/aromatic N) is 2. The molecule has 1 N–H and O–H groups in total. The Morgan fingerprint density at radius 1 is 1.58 bits per heavy atom. The molecule has 0 amide bonds. The Labute approximate surface area is 126 Å². The summed E-state index contributed by atoms with van der Waals surface area (Å²) in [4.78, 5) is 4.34. The van der Waals surface area contributed by atoms with Crippen molar-refractivity contribution in [3.05, 3.63) is 16.7 Å². The maximum absolute atomic E-state index is 12.7. The van der Waals surface area contributed by atoms with Gasteiger partial charge in [0.05, 0.1) is 0 Å². The molecule has 1 fully saturated rings. The van der Waals surface area contributed by atoms with E-state index in [4.69, 9.17) is 0 Å². The van der Waals surface area contributed by atoms with Crippen LogP contribution >= 0.6 is 27.7 Å². The molecule has 1 aliphatic rings. The van der Waals surface area contributed by atoms with Crippen molar-refractivity contribution in [1.82, 2.24) is 9.29 Å². The molecule has 1 atom stereocenters. The van der Waals surface area contributed by atoms with Gasteiger partial charge in [-0.3, -0.25) is 0 Å². The Bertz CT molecular complexity index is 565. The van der Waals surface area contributed by atoms with Crippen LogP contribution in [-0.4, -0.2) is 48.8 Å². The molecule has 1 aromatic rings. The van der Waals surface area contributed by atoms with Crippen molar-refractivity contribution in [2.45, 2.75) is 17.9 Å². The Morgan fingerprint density at radius 2 is 2.32 bits per heavy atom. The molecule has 0 aliphatic carbocycles. The quantitative estimate of drug-likeness (QED) is 0.887. The Morgan fingerprint density at radius 3 is 2.95 bits per heavy atom. The minimum absolute atomic E-state index is 0.00689. The van der Waals surface area contributed by atoms with E-state index in [1.807, 2.05) is 6.92 Å². The van der Waals surface area contributed by atoms with E-state index in [2.05, 4.69) is 26.2 Å². The zero-order chi connectivity index (χ0) is 14.0. The molecule has 19 heavy (non-hydrogen) atoms. The van der Waals surface area contributed by atoms with Gasteiger partial charge in [0, 0.05) is 41.8 Å². The van der Waals surface area contributed by atoms with Crippen molar-refractivity contribution in [2.24, 2.45) is 0 Å². The molecule has 5 nitrogen and oxygen atoms in total. The molecule has 106 valence electrons. The number of thioether (sulfide) groups is 1. The van der Waals surface area contributed by atoms with Gasteiger partial charge in [0.25, 0.3) is 0 Å². The van der Waals surface area contributed by atoms with E-state index in [1.54, 1.807) is 35.4 Å². The first-order valence-electron chi connectivity index (χ1n) is 5.89. The van der Waals surface area contributed by atoms with Gasteiger partial charge in [-0.25, -0.2) is 13.4 Å². The number of aromatic nitrogens is 1. The van der Waals surface area contributed by atoms with Gasteiger partial charge in [0.15, 0.2) is 0 Å². The Balaban J connectivity index is 2.46. The fraction of sp³-hybridized carbons (Fsp3) is 0.545. The SMILES string of the molecule is CNc1ncc(Br)cc1S(=O)(=O)N1CCSCC1C. The van der Waals surface area contributed by atoms with Crippen molar-refractivity contribution < 1.29 is 8.42 Å². The summed E-state index contributed by atoms with van der Waals surface area (Å²) >= 11 is 5.06. The number of anilines is 1. The summed E-state index contributed by atoms with van der Waals surface area (Å²) in [5.74, 6) is 2.05. The number of hydrogen-bond acceptors (Lipinski definition) is 5. The lowest BCUT2D eigenvalue weighted by atomic mass is 10.4. The van der Waals surface area contributed by atoms with Gasteiger partial charge in [0.2, 0.25) is 10.0 Å². The first-order valence-corrected chi connectivity index (χ1v) is 9.28. The van der Waals surface area contributed by atoms with E-state index >= 15 is 0 Å². The van der Waals surface area contributed by atoms with Gasteiger partial charge in [-0.15, -0.1) is 0 Å². The standard InChI is InChI=1S/C11H16BrN3O2S2/c1-8-7-18-4-3-15(8)19(16,17)10-5-9(12)6-14-11(10)13-2/h5-6,8H,3-4,7H2,1-2H3,(H,13,14). The maximum atomic E-state index is 12.7. The lowest BCUT2D eigenvalue weighted by Gasteiger charge is -2.32. The lowest BCUT2D eigenvalue weighted by Crippen LogP contribution is -2.44. The second-order valence-electron chi connectivity index (χ2n) is 4.29. The molecule has 1 aliphatic heterocycles. The van der Waals surface area contributed by atoms with Crippen LogP contribution in [0.25, 0.3) is 0 Å². The number of pyridine rings is 1. The van der Waals surface area contributed by atoms with Gasteiger partial charge in [0.1, 0.15) is 10.7 Å². The van der Waals surface area contributed by atoms with Crippen molar-refractivity contribution in [3.8, 4) is 0 Å². The zero-order valence-corrected chi connectivity index (χ0v) is 14.0. The number of sulfonamides is 1. The van der Waals surface area contributed by atoms with E-state index in [9.17, 15) is 8.42 Å². The third-order valence-corrected chi connectivity index (χ3v) is 6.60. The topological polar surface area (TPSA) is 62.3 Å². The summed E-state index contributed by atoms with van der Waals surface area (Å²) in [7, 11) is -1.84. The minimum Gasteiger partial charge on any atom is -0.372 e. The summed E-state index contributed by atoms with van der Waals surface area (Å²) < 4.78 is 27.7. The smallest absolute Gasteiger partial charge is 0.247 e. The summed E-state index contributed by atoms with van der Waals surface area (Å²) in [6, 6.07) is 1.61. The van der Waals surface area contributed by atoms with Gasteiger partial charge >= 0.3 is 0 Å². The van der Waals surface area contributed by atoms with Crippen LogP contribution < -0.4 is 5.32 Å². The highest BCUT2D eigenvalue weighted by molar-refractivity contribution is 9.10. The maximum Gasteiger partial charge on any atom is 0.247 e. The average molecular weight is 366 g/mol. The summed E-state index contributed by atoms with van der Waals surface area (Å²) in [5, 5.41) is 2.84. The highest BCUT2D eigenvalue weighted by atomic mass is 79.9. The van der Waals surface area contributed by atoms with E-state index in [-0.39, 0.29) is 10.9 Å². The number of nitrogens with one attached hydrogen (secondary N) is 1. The molecule has 2 rings (SSSR count). The van der Waals surface area contributed by atoms with Crippen LogP contribution in [0.2, 0.25) is 0 Å². The molecule has 1 aromatic heterocycles. The zero-order valence-electron chi connectivity index (χ0n) is 10.8. The highest BCUT2D eigenvalue weighted by Gasteiger charge is 2.33. The molecule has 0 aromatic carbocycles. The largest absolute Gasteiger partial charge is 0.372 e. The number of hydrogen-bond donors (Lipinski definition) is 1. The van der Waals surface area contributed by atoms with Crippen LogP contribution in [0.1, 0.15) is 6.92 Å². The minimum atomic E-state index is -3.51. The van der Waals surface area contributed by atoms with Crippen LogP contribution in [-0.2, 0) is 10.0 Å². The van der Waals surface area contributed by atoms with Crippen LogP contribution in [0.5, 0.6) is 0 Å². The van der Waals surface area contributed by atoms with Crippen LogP contribution in [0.4, 0.5) is 5.82 Å². The monoisotopic (exact) mass is 365 g/mol. The van der Waals surface area contributed by atoms with Crippen molar-refractivity contribution in [3.63, 3.8) is 0 Å². The fourth-order valence-corrected chi connectivity index (χ4v) is 5.51. The molecular formula is C11H16BrN3O2S2. The van der Waals surface area contributed by atoms with Gasteiger partial charge < -0.3 is 5.32 Å². The van der Waals surface area contributed by atoms with Crippen molar-refractivity contribution >= 4 is 43.5 Å². The predicted molar refractivity (Wildman–Crippen MR) is 82.2 cm³/mol. The summed E-state index contributed by atoms with van der Waals surface area (Å²) in [5.41, 5.74) is 0. The first kappa shape index (κ1) is 15.1. The third-order valence-electron chi connectivity index (χ3n) is 2.95. The first-order chi connectivity index (χ1) is 8.96. The van der Waals surface area contributed by atoms with E-state index in [0.29, 0.717) is 16.8 Å². The van der Waals surface area contributed by atoms with Crippen LogP contribution in [0.15, 0.2) is 21.6 Å². The van der Waals surface area contributed by atoms with E-state index < -0.39 is 10.0 Å². The summed E-state index contributed by atoms with van der Waals surface area (Å²) in [6.45, 7) is 2.48. The van der Waals surface area contributed by atoms with E-state index in [0.717, 1.165) is 11.5 Å². The van der Waals surface area contributed by atoms with Crippen molar-refractivity contribution in [1.29, 1.82) is 0 Å². The molecule has 0 spiro atoms. The second-order valence-corrected chi connectivity index (χ2v) is 8.21. The van der Waals surface area contributed by atoms with E-state index in [1.165, 1.54) is 0 Å². The number of rotatable bonds is 3. The fourth-order valence-electron chi connectivity index (χ4n) is 2.00. The molecule has 0 saturated carbocycles. The molecule has 0 radical (unpaired) electrons. The molecule has 8 heteroatoms. The molecular weight excluding hydrogens is 350 g/mol. The molecule has 1 unspecified atom stereocenters. The van der Waals surface area contributed by atoms with Gasteiger partial charge in [-0.1, -0.05) is 0 Å². The molecule has 2 heterocycles. The molecule has 0 bridgehead atoms. The van der Waals surface area contributed by atoms with Crippen LogP contribution in [0, 0.1) is 0 Å².